The molecule has 0 aromatic heterocycles. The van der Waals surface area contributed by atoms with Crippen LogP contribution in [0.5, 0.6) is 5.75 Å². The molecule has 2 atom stereocenters. The van der Waals surface area contributed by atoms with Crippen LogP contribution in [0.1, 0.15) is 35.2 Å². The number of piperazine rings is 1. The standard InChI is InChI=1S/C21H31N3O4/c1-15-17(4-3-5-19(15)25)21(28)24-9-8-18(16(14-24)6-7-20(26)27)23-12-10-22(2)11-13-23/h3-5,16,18,25H,6-14H2,1-2H3,(H,26,27)/t16-,18+/m0/s1. The minimum absolute atomic E-state index is 0.0782. The minimum atomic E-state index is -0.788. The van der Waals surface area contributed by atoms with E-state index in [9.17, 15) is 14.7 Å². The zero-order valence-corrected chi connectivity index (χ0v) is 16.8. The van der Waals surface area contributed by atoms with Gasteiger partial charge in [-0.2, -0.15) is 0 Å². The van der Waals surface area contributed by atoms with Crippen LogP contribution in [0.15, 0.2) is 18.2 Å². The molecule has 0 aliphatic carbocycles. The number of aliphatic carboxylic acids is 1. The van der Waals surface area contributed by atoms with E-state index >= 15 is 0 Å². The topological polar surface area (TPSA) is 84.3 Å². The van der Waals surface area contributed by atoms with E-state index in [1.165, 1.54) is 0 Å². The number of phenolic OH excluding ortho intramolecular Hbond substituents is 1. The molecule has 2 saturated heterocycles. The number of hydrogen-bond donors (Lipinski definition) is 2. The maximum absolute atomic E-state index is 13.1. The number of carbonyl (C=O) groups is 2. The third-order valence-electron chi connectivity index (χ3n) is 6.25. The van der Waals surface area contributed by atoms with Gasteiger partial charge in [0.2, 0.25) is 0 Å². The van der Waals surface area contributed by atoms with E-state index in [1.54, 1.807) is 25.1 Å². The van der Waals surface area contributed by atoms with Crippen molar-refractivity contribution in [3.63, 3.8) is 0 Å². The number of aromatic hydroxyl groups is 1. The number of likely N-dealkylation sites (N-methyl/N-ethyl adjacent to an activating group) is 1. The molecule has 7 heteroatoms. The van der Waals surface area contributed by atoms with Gasteiger partial charge in [0.1, 0.15) is 5.75 Å². The second kappa shape index (κ2) is 8.92. The van der Waals surface area contributed by atoms with E-state index in [0.717, 1.165) is 32.6 Å². The number of likely N-dealkylation sites (tertiary alicyclic amines) is 1. The summed E-state index contributed by atoms with van der Waals surface area (Å²) in [5.74, 6) is -0.592. The second-order valence-corrected chi connectivity index (χ2v) is 8.09. The largest absolute Gasteiger partial charge is 0.508 e. The Hall–Kier alpha value is -2.12. The Balaban J connectivity index is 1.73. The molecule has 2 heterocycles. The van der Waals surface area contributed by atoms with Crippen molar-refractivity contribution in [2.24, 2.45) is 5.92 Å². The fraction of sp³-hybridized carbons (Fsp3) is 0.619. The molecule has 3 rings (SSSR count). The first kappa shape index (κ1) is 20.6. The predicted molar refractivity (Wildman–Crippen MR) is 107 cm³/mol. The lowest BCUT2D eigenvalue weighted by molar-refractivity contribution is -0.137. The fourth-order valence-electron chi connectivity index (χ4n) is 4.46. The van der Waals surface area contributed by atoms with E-state index in [1.807, 2.05) is 4.90 Å². The van der Waals surface area contributed by atoms with Crippen molar-refractivity contribution in [2.45, 2.75) is 32.2 Å². The van der Waals surface area contributed by atoms with Crippen molar-refractivity contribution in [3.8, 4) is 5.75 Å². The lowest BCUT2D eigenvalue weighted by Crippen LogP contribution is -2.57. The summed E-state index contributed by atoms with van der Waals surface area (Å²) < 4.78 is 0. The van der Waals surface area contributed by atoms with Crippen LogP contribution >= 0.6 is 0 Å². The van der Waals surface area contributed by atoms with Crippen LogP contribution in [-0.2, 0) is 4.79 Å². The first-order valence-corrected chi connectivity index (χ1v) is 10.1. The van der Waals surface area contributed by atoms with Crippen molar-refractivity contribution < 1.29 is 19.8 Å². The molecule has 0 saturated carbocycles. The summed E-state index contributed by atoms with van der Waals surface area (Å²) in [6.45, 7) is 7.00. The number of carboxylic acids is 1. The molecule has 0 radical (unpaired) electrons. The average Bonchev–Trinajstić information content (AvgIpc) is 2.68. The smallest absolute Gasteiger partial charge is 0.303 e. The van der Waals surface area contributed by atoms with E-state index in [-0.39, 0.29) is 24.0 Å². The molecule has 1 amide bonds. The third kappa shape index (κ3) is 4.64. The fourth-order valence-corrected chi connectivity index (χ4v) is 4.46. The van der Waals surface area contributed by atoms with E-state index in [2.05, 4.69) is 16.8 Å². The predicted octanol–water partition coefficient (Wildman–Crippen LogP) is 1.64. The van der Waals surface area contributed by atoms with Crippen molar-refractivity contribution in [3.05, 3.63) is 29.3 Å². The van der Waals surface area contributed by atoms with Gasteiger partial charge in [0, 0.05) is 62.9 Å². The number of phenols is 1. The van der Waals surface area contributed by atoms with Gasteiger partial charge < -0.3 is 20.0 Å². The number of nitrogens with zero attached hydrogens (tertiary/aromatic N) is 3. The zero-order chi connectivity index (χ0) is 20.3. The summed E-state index contributed by atoms with van der Waals surface area (Å²) in [6, 6.07) is 5.34. The number of hydrogen-bond acceptors (Lipinski definition) is 5. The van der Waals surface area contributed by atoms with Crippen molar-refractivity contribution in [1.29, 1.82) is 0 Å². The van der Waals surface area contributed by atoms with Crippen LogP contribution < -0.4 is 0 Å². The molecule has 7 nitrogen and oxygen atoms in total. The summed E-state index contributed by atoms with van der Waals surface area (Å²) in [7, 11) is 2.12. The summed E-state index contributed by atoms with van der Waals surface area (Å²) >= 11 is 0. The van der Waals surface area contributed by atoms with Gasteiger partial charge >= 0.3 is 5.97 Å². The Morgan fingerprint density at radius 3 is 2.54 bits per heavy atom. The molecule has 2 aliphatic heterocycles. The van der Waals surface area contributed by atoms with Gasteiger partial charge in [-0.3, -0.25) is 14.5 Å². The molecule has 2 N–H and O–H groups in total. The van der Waals surface area contributed by atoms with Crippen LogP contribution in [-0.4, -0.2) is 89.1 Å². The molecular weight excluding hydrogens is 358 g/mol. The van der Waals surface area contributed by atoms with Crippen molar-refractivity contribution in [2.75, 3.05) is 46.3 Å². The summed E-state index contributed by atoms with van der Waals surface area (Å²) in [5, 5.41) is 19.1. The number of piperidine rings is 1. The molecule has 0 bridgehead atoms. The van der Waals surface area contributed by atoms with Gasteiger partial charge in [-0.15, -0.1) is 0 Å². The quantitative estimate of drug-likeness (QED) is 0.797. The highest BCUT2D eigenvalue weighted by atomic mass is 16.4. The minimum Gasteiger partial charge on any atom is -0.508 e. The summed E-state index contributed by atoms with van der Waals surface area (Å²) in [6.07, 6.45) is 1.56. The molecule has 0 unspecified atom stereocenters. The Kier molecular flexibility index (Phi) is 6.57. The summed E-state index contributed by atoms with van der Waals surface area (Å²) in [5.41, 5.74) is 1.12. The second-order valence-electron chi connectivity index (χ2n) is 8.09. The molecule has 154 valence electrons. The Morgan fingerprint density at radius 2 is 1.86 bits per heavy atom. The Labute approximate surface area is 166 Å². The molecule has 0 spiro atoms. The van der Waals surface area contributed by atoms with Crippen LogP contribution in [0.4, 0.5) is 0 Å². The van der Waals surface area contributed by atoms with E-state index < -0.39 is 5.97 Å². The van der Waals surface area contributed by atoms with E-state index in [4.69, 9.17) is 5.11 Å². The lowest BCUT2D eigenvalue weighted by Gasteiger charge is -2.46. The van der Waals surface area contributed by atoms with Gasteiger partial charge in [-0.05, 0) is 44.9 Å². The van der Waals surface area contributed by atoms with E-state index in [0.29, 0.717) is 36.7 Å². The van der Waals surface area contributed by atoms with Crippen molar-refractivity contribution >= 4 is 11.9 Å². The Bertz CT molecular complexity index is 716. The van der Waals surface area contributed by atoms with Crippen LogP contribution in [0.2, 0.25) is 0 Å². The normalized spacial score (nSPS) is 24.3. The van der Waals surface area contributed by atoms with Crippen molar-refractivity contribution in [1.82, 2.24) is 14.7 Å². The highest BCUT2D eigenvalue weighted by Gasteiger charge is 2.36. The number of carboxylic acid groups (broad SMARTS) is 1. The highest BCUT2D eigenvalue weighted by molar-refractivity contribution is 5.96. The van der Waals surface area contributed by atoms with Crippen LogP contribution in [0, 0.1) is 12.8 Å². The maximum atomic E-state index is 13.1. The lowest BCUT2D eigenvalue weighted by atomic mass is 9.86. The molecule has 1 aromatic rings. The van der Waals surface area contributed by atoms with Crippen LogP contribution in [0.25, 0.3) is 0 Å². The van der Waals surface area contributed by atoms with Crippen LogP contribution in [0.3, 0.4) is 0 Å². The maximum Gasteiger partial charge on any atom is 0.303 e. The van der Waals surface area contributed by atoms with Gasteiger partial charge in [0.05, 0.1) is 0 Å². The monoisotopic (exact) mass is 389 g/mol. The van der Waals surface area contributed by atoms with Gasteiger partial charge in [-0.1, -0.05) is 6.07 Å². The molecule has 2 fully saturated rings. The number of amides is 1. The molecule has 2 aliphatic rings. The van der Waals surface area contributed by atoms with Gasteiger partial charge in [0.25, 0.3) is 5.91 Å². The average molecular weight is 389 g/mol. The molecule has 1 aromatic carbocycles. The first-order valence-electron chi connectivity index (χ1n) is 10.1. The zero-order valence-electron chi connectivity index (χ0n) is 16.8. The summed E-state index contributed by atoms with van der Waals surface area (Å²) in [4.78, 5) is 30.8. The third-order valence-corrected chi connectivity index (χ3v) is 6.25. The number of carbonyl (C=O) groups excluding carboxylic acids is 1. The number of rotatable bonds is 5. The number of benzene rings is 1. The SMILES string of the molecule is Cc1c(O)cccc1C(=O)N1CC[C@@H](N2CCN(C)CC2)[C@@H](CCC(=O)O)C1. The first-order chi connectivity index (χ1) is 13.4. The molecule has 28 heavy (non-hydrogen) atoms. The van der Waals surface area contributed by atoms with Gasteiger partial charge in [-0.25, -0.2) is 0 Å². The highest BCUT2D eigenvalue weighted by Crippen LogP contribution is 2.29. The van der Waals surface area contributed by atoms with Gasteiger partial charge in [0.15, 0.2) is 0 Å². The Morgan fingerprint density at radius 1 is 1.14 bits per heavy atom. The molecular formula is C21H31N3O4.